The molecule has 3 aromatic rings. The smallest absolute Gasteiger partial charge is 0.511 e. The molecule has 0 fully saturated rings. The first-order valence-electron chi connectivity index (χ1n) is 5.72. The zero-order valence-electron chi connectivity index (χ0n) is 9.85. The highest BCUT2D eigenvalue weighted by molar-refractivity contribution is 7.22. The number of hydrogen-bond donors (Lipinski definition) is 2. The van der Waals surface area contributed by atoms with Gasteiger partial charge in [0.1, 0.15) is 10.8 Å². The summed E-state index contributed by atoms with van der Waals surface area (Å²) in [5.74, 6) is 0.423. The van der Waals surface area contributed by atoms with Crippen molar-refractivity contribution in [1.82, 2.24) is 4.98 Å². The van der Waals surface area contributed by atoms with Crippen LogP contribution in [-0.4, -0.2) is 22.4 Å². The Morgan fingerprint density at radius 1 is 1.00 bits per heavy atom. The number of hydrogen-bond acceptors (Lipinski definition) is 5. The van der Waals surface area contributed by atoms with Crippen LogP contribution in [0.25, 0.3) is 20.8 Å². The molecule has 0 radical (unpaired) electrons. The maximum absolute atomic E-state index is 8.91. The molecule has 2 aromatic carbocycles. The number of nitrogens with zero attached hydrogens (tertiary/aromatic N) is 1. The maximum Gasteiger partial charge on any atom is 0.707 e. The van der Waals surface area contributed by atoms with Crippen LogP contribution >= 0.6 is 11.3 Å². The lowest BCUT2D eigenvalue weighted by Crippen LogP contribution is -2.20. The molecule has 0 bridgehead atoms. The molecule has 0 atom stereocenters. The van der Waals surface area contributed by atoms with E-state index in [0.29, 0.717) is 5.75 Å². The summed E-state index contributed by atoms with van der Waals surface area (Å²) in [6.45, 7) is 0. The van der Waals surface area contributed by atoms with Gasteiger partial charge in [-0.05, 0) is 12.1 Å². The van der Waals surface area contributed by atoms with Crippen LogP contribution < -0.4 is 4.65 Å². The van der Waals surface area contributed by atoms with E-state index in [9.17, 15) is 0 Å². The van der Waals surface area contributed by atoms with Gasteiger partial charge in [0.2, 0.25) is 0 Å². The summed E-state index contributed by atoms with van der Waals surface area (Å²) in [6.07, 6.45) is 0. The number of fused-ring (bicyclic) bond motifs is 1. The lowest BCUT2D eigenvalue weighted by Gasteiger charge is -2.04. The third-order valence-electron chi connectivity index (χ3n) is 2.63. The minimum atomic E-state index is -1.83. The number of rotatable bonds is 3. The topological polar surface area (TPSA) is 62.6 Å². The van der Waals surface area contributed by atoms with Gasteiger partial charge in [-0.2, -0.15) is 0 Å². The Kier molecular flexibility index (Phi) is 3.21. The van der Waals surface area contributed by atoms with Crippen LogP contribution in [0.15, 0.2) is 48.5 Å². The third-order valence-corrected chi connectivity index (χ3v) is 3.77. The molecule has 0 aliphatic heterocycles. The highest BCUT2D eigenvalue weighted by Crippen LogP contribution is 2.35. The molecule has 1 heterocycles. The Bertz CT molecular complexity index is 699. The van der Waals surface area contributed by atoms with Crippen molar-refractivity contribution in [1.29, 1.82) is 0 Å². The summed E-state index contributed by atoms with van der Waals surface area (Å²) in [7, 11) is -1.83. The van der Waals surface area contributed by atoms with Crippen LogP contribution in [0.3, 0.4) is 0 Å². The molecule has 94 valence electrons. The van der Waals surface area contributed by atoms with Gasteiger partial charge in [0.25, 0.3) is 0 Å². The van der Waals surface area contributed by atoms with Crippen LogP contribution in [0.1, 0.15) is 0 Å². The van der Waals surface area contributed by atoms with Crippen LogP contribution in [0.5, 0.6) is 5.75 Å². The van der Waals surface area contributed by atoms with Crippen molar-refractivity contribution in [3.05, 3.63) is 48.5 Å². The first kappa shape index (κ1) is 12.2. The largest absolute Gasteiger partial charge is 0.707 e. The molecule has 3 rings (SSSR count). The van der Waals surface area contributed by atoms with Crippen LogP contribution in [0.4, 0.5) is 0 Å². The summed E-state index contributed by atoms with van der Waals surface area (Å²) in [5.41, 5.74) is 1.81. The Hall–Kier alpha value is -1.89. The van der Waals surface area contributed by atoms with Gasteiger partial charge in [-0.15, -0.1) is 11.3 Å². The van der Waals surface area contributed by atoms with Gasteiger partial charge >= 0.3 is 7.32 Å². The maximum atomic E-state index is 8.91. The molecular formula is C13H10BNO3S. The van der Waals surface area contributed by atoms with Gasteiger partial charge in [0, 0.05) is 5.56 Å². The molecule has 0 unspecified atom stereocenters. The van der Waals surface area contributed by atoms with Crippen molar-refractivity contribution in [2.45, 2.75) is 0 Å². The zero-order chi connectivity index (χ0) is 13.2. The van der Waals surface area contributed by atoms with Crippen LogP contribution in [0, 0.1) is 0 Å². The van der Waals surface area contributed by atoms with Crippen molar-refractivity contribution in [2.24, 2.45) is 0 Å². The summed E-state index contributed by atoms with van der Waals surface area (Å²) in [6, 6.07) is 15.2. The van der Waals surface area contributed by atoms with E-state index in [4.69, 9.17) is 14.7 Å². The minimum absolute atomic E-state index is 0.423. The van der Waals surface area contributed by atoms with E-state index in [1.54, 1.807) is 12.1 Å². The molecule has 0 saturated carbocycles. The molecule has 1 aromatic heterocycles. The molecule has 0 aliphatic carbocycles. The molecule has 19 heavy (non-hydrogen) atoms. The van der Waals surface area contributed by atoms with Crippen molar-refractivity contribution < 1.29 is 14.7 Å². The SMILES string of the molecule is OB(O)Oc1cccc2nc(-c3ccccc3)sc12. The van der Waals surface area contributed by atoms with Gasteiger partial charge in [-0.1, -0.05) is 36.4 Å². The Labute approximate surface area is 114 Å². The average Bonchev–Trinajstić information content (AvgIpc) is 2.84. The quantitative estimate of drug-likeness (QED) is 0.717. The van der Waals surface area contributed by atoms with E-state index in [0.717, 1.165) is 20.8 Å². The first-order valence-corrected chi connectivity index (χ1v) is 6.53. The summed E-state index contributed by atoms with van der Waals surface area (Å²) >= 11 is 1.46. The normalized spacial score (nSPS) is 10.6. The van der Waals surface area contributed by atoms with E-state index >= 15 is 0 Å². The van der Waals surface area contributed by atoms with Gasteiger partial charge in [-0.3, -0.25) is 0 Å². The monoisotopic (exact) mass is 271 g/mol. The Balaban J connectivity index is 2.11. The fourth-order valence-electron chi connectivity index (χ4n) is 1.83. The standard InChI is InChI=1S/C13H10BNO3S/c16-14(17)18-11-8-4-7-10-12(11)19-13(15-10)9-5-2-1-3-6-9/h1-8,16-17H. The van der Waals surface area contributed by atoms with E-state index in [-0.39, 0.29) is 0 Å². The molecule has 2 N–H and O–H groups in total. The van der Waals surface area contributed by atoms with Gasteiger partial charge < -0.3 is 14.7 Å². The number of thiazole rings is 1. The van der Waals surface area contributed by atoms with Crippen LogP contribution in [0.2, 0.25) is 0 Å². The lowest BCUT2D eigenvalue weighted by molar-refractivity contribution is 0.290. The predicted molar refractivity (Wildman–Crippen MR) is 75.9 cm³/mol. The minimum Gasteiger partial charge on any atom is -0.511 e. The van der Waals surface area contributed by atoms with Gasteiger partial charge in [-0.25, -0.2) is 4.98 Å². The molecule has 0 saturated heterocycles. The molecule has 0 spiro atoms. The second-order valence-electron chi connectivity index (χ2n) is 3.93. The van der Waals surface area contributed by atoms with Crippen molar-refractivity contribution >= 4 is 28.9 Å². The second-order valence-corrected chi connectivity index (χ2v) is 4.93. The number of benzene rings is 2. The zero-order valence-corrected chi connectivity index (χ0v) is 10.7. The highest BCUT2D eigenvalue weighted by atomic mass is 32.1. The van der Waals surface area contributed by atoms with Crippen molar-refractivity contribution in [2.75, 3.05) is 0 Å². The third kappa shape index (κ3) is 2.46. The Morgan fingerprint density at radius 2 is 1.79 bits per heavy atom. The van der Waals surface area contributed by atoms with Crippen molar-refractivity contribution in [3.8, 4) is 16.3 Å². The highest BCUT2D eigenvalue weighted by Gasteiger charge is 2.16. The van der Waals surface area contributed by atoms with Gasteiger partial charge in [0.15, 0.2) is 0 Å². The van der Waals surface area contributed by atoms with E-state index < -0.39 is 7.32 Å². The van der Waals surface area contributed by atoms with E-state index in [1.165, 1.54) is 11.3 Å². The number of aromatic nitrogens is 1. The summed E-state index contributed by atoms with van der Waals surface area (Å²) < 4.78 is 5.76. The fraction of sp³-hybridized carbons (Fsp3) is 0. The molecule has 6 heteroatoms. The summed E-state index contributed by atoms with van der Waals surface area (Å²) in [5, 5.41) is 18.7. The van der Waals surface area contributed by atoms with Crippen LogP contribution in [-0.2, 0) is 0 Å². The van der Waals surface area contributed by atoms with E-state index in [1.807, 2.05) is 36.4 Å². The molecule has 0 aliphatic rings. The lowest BCUT2D eigenvalue weighted by atomic mass is 10.2. The fourth-order valence-corrected chi connectivity index (χ4v) is 2.86. The second kappa shape index (κ2) is 5.01. The molecule has 0 amide bonds. The Morgan fingerprint density at radius 3 is 2.53 bits per heavy atom. The first-order chi connectivity index (χ1) is 9.24. The summed E-state index contributed by atoms with van der Waals surface area (Å²) in [4.78, 5) is 4.53. The van der Waals surface area contributed by atoms with E-state index in [2.05, 4.69) is 4.98 Å². The van der Waals surface area contributed by atoms with Crippen molar-refractivity contribution in [3.63, 3.8) is 0 Å². The average molecular weight is 271 g/mol. The predicted octanol–water partition coefficient (Wildman–Crippen LogP) is 2.31. The van der Waals surface area contributed by atoms with Gasteiger partial charge in [0.05, 0.1) is 10.2 Å². The molecule has 4 nitrogen and oxygen atoms in total. The molecular weight excluding hydrogens is 261 g/mol.